The first-order chi connectivity index (χ1) is 12.3. The van der Waals surface area contributed by atoms with Crippen molar-refractivity contribution in [2.75, 3.05) is 31.6 Å². The molecule has 0 saturated carbocycles. The second-order valence-corrected chi connectivity index (χ2v) is 7.37. The lowest BCUT2D eigenvalue weighted by Crippen LogP contribution is -2.48. The number of guanidine groups is 1. The molecule has 4 nitrogen and oxygen atoms in total. The summed E-state index contributed by atoms with van der Waals surface area (Å²) >= 11 is 1.83. The molecule has 0 atom stereocenters. The van der Waals surface area contributed by atoms with Crippen molar-refractivity contribution in [3.63, 3.8) is 0 Å². The zero-order valence-corrected chi connectivity index (χ0v) is 18.5. The van der Waals surface area contributed by atoms with E-state index in [0.717, 1.165) is 51.3 Å². The van der Waals surface area contributed by atoms with Crippen LogP contribution in [0.15, 0.2) is 52.8 Å². The third-order valence-electron chi connectivity index (χ3n) is 4.65. The molecule has 2 heterocycles. The monoisotopic (exact) mass is 484 g/mol. The Labute approximate surface area is 178 Å². The molecule has 0 radical (unpaired) electrons. The van der Waals surface area contributed by atoms with Crippen molar-refractivity contribution in [2.24, 2.45) is 4.99 Å². The van der Waals surface area contributed by atoms with Crippen molar-refractivity contribution in [1.29, 1.82) is 0 Å². The summed E-state index contributed by atoms with van der Waals surface area (Å²) in [4.78, 5) is 6.86. The molecule has 2 N–H and O–H groups in total. The van der Waals surface area contributed by atoms with Crippen molar-refractivity contribution in [1.82, 2.24) is 10.6 Å². The quantitative estimate of drug-likeness (QED) is 0.280. The van der Waals surface area contributed by atoms with Gasteiger partial charge in [-0.3, -0.25) is 4.99 Å². The van der Waals surface area contributed by atoms with Gasteiger partial charge in [-0.2, -0.15) is 0 Å². The van der Waals surface area contributed by atoms with E-state index in [4.69, 9.17) is 0 Å². The maximum Gasteiger partial charge on any atom is 0.191 e. The summed E-state index contributed by atoms with van der Waals surface area (Å²) in [5.41, 5.74) is 1.40. The minimum absolute atomic E-state index is 0. The van der Waals surface area contributed by atoms with Crippen LogP contribution in [0.1, 0.15) is 24.8 Å². The van der Waals surface area contributed by atoms with Gasteiger partial charge in [0.2, 0.25) is 0 Å². The largest absolute Gasteiger partial charge is 0.363 e. The number of nitrogens with zero attached hydrogens (tertiary/aromatic N) is 2. The normalized spacial score (nSPS) is 15.4. The SMILES string of the molecule is CN=C(NCCCc1ccccc1)NC1CCN(c2cccs2)CC1.I. The van der Waals surface area contributed by atoms with Gasteiger partial charge in [-0.05, 0) is 48.8 Å². The smallest absolute Gasteiger partial charge is 0.191 e. The molecule has 2 aromatic rings. The fourth-order valence-electron chi connectivity index (χ4n) is 3.23. The maximum atomic E-state index is 4.38. The fourth-order valence-corrected chi connectivity index (χ4v) is 4.01. The minimum atomic E-state index is 0. The van der Waals surface area contributed by atoms with Gasteiger partial charge < -0.3 is 15.5 Å². The van der Waals surface area contributed by atoms with Gasteiger partial charge in [0.05, 0.1) is 5.00 Å². The highest BCUT2D eigenvalue weighted by molar-refractivity contribution is 14.0. The molecular weight excluding hydrogens is 455 g/mol. The molecule has 0 unspecified atom stereocenters. The van der Waals surface area contributed by atoms with Gasteiger partial charge in [0.25, 0.3) is 0 Å². The third kappa shape index (κ3) is 6.46. The number of hydrogen-bond acceptors (Lipinski definition) is 3. The summed E-state index contributed by atoms with van der Waals surface area (Å²) < 4.78 is 0. The lowest BCUT2D eigenvalue weighted by Gasteiger charge is -2.33. The molecule has 1 saturated heterocycles. The summed E-state index contributed by atoms with van der Waals surface area (Å²) in [6.07, 6.45) is 4.52. The van der Waals surface area contributed by atoms with E-state index >= 15 is 0 Å². The van der Waals surface area contributed by atoms with Crippen LogP contribution < -0.4 is 15.5 Å². The van der Waals surface area contributed by atoms with Crippen molar-refractivity contribution in [3.8, 4) is 0 Å². The second-order valence-electron chi connectivity index (χ2n) is 6.45. The summed E-state index contributed by atoms with van der Waals surface area (Å²) in [5.74, 6) is 0.933. The molecule has 1 aliphatic heterocycles. The van der Waals surface area contributed by atoms with Crippen molar-refractivity contribution < 1.29 is 0 Å². The predicted molar refractivity (Wildman–Crippen MR) is 124 cm³/mol. The molecule has 26 heavy (non-hydrogen) atoms. The number of benzene rings is 1. The van der Waals surface area contributed by atoms with Gasteiger partial charge in [0.15, 0.2) is 5.96 Å². The Morgan fingerprint density at radius 1 is 1.15 bits per heavy atom. The Morgan fingerprint density at radius 2 is 1.92 bits per heavy atom. The van der Waals surface area contributed by atoms with Crippen LogP contribution in [-0.4, -0.2) is 38.7 Å². The number of aryl methyl sites for hydroxylation is 1. The van der Waals surface area contributed by atoms with Crippen molar-refractivity contribution >= 4 is 46.3 Å². The van der Waals surface area contributed by atoms with E-state index in [1.165, 1.54) is 10.6 Å². The predicted octanol–water partition coefficient (Wildman–Crippen LogP) is 4.13. The van der Waals surface area contributed by atoms with Gasteiger partial charge in [0.1, 0.15) is 0 Å². The van der Waals surface area contributed by atoms with Crippen LogP contribution in [0.5, 0.6) is 0 Å². The lowest BCUT2D eigenvalue weighted by molar-refractivity contribution is 0.462. The highest BCUT2D eigenvalue weighted by Gasteiger charge is 2.20. The molecule has 6 heteroatoms. The summed E-state index contributed by atoms with van der Waals surface area (Å²) in [7, 11) is 1.85. The highest BCUT2D eigenvalue weighted by atomic mass is 127. The van der Waals surface area contributed by atoms with Gasteiger partial charge >= 0.3 is 0 Å². The highest BCUT2D eigenvalue weighted by Crippen LogP contribution is 2.24. The molecule has 1 aliphatic rings. The average molecular weight is 484 g/mol. The lowest BCUT2D eigenvalue weighted by atomic mass is 10.1. The van der Waals surface area contributed by atoms with Crippen LogP contribution in [0.2, 0.25) is 0 Å². The van der Waals surface area contributed by atoms with Crippen LogP contribution >= 0.6 is 35.3 Å². The molecule has 1 aromatic heterocycles. The summed E-state index contributed by atoms with van der Waals surface area (Å²) in [5, 5.41) is 10.6. The number of nitrogens with one attached hydrogen (secondary N) is 2. The summed E-state index contributed by atoms with van der Waals surface area (Å²) in [6, 6.07) is 15.5. The Morgan fingerprint density at radius 3 is 2.58 bits per heavy atom. The molecular formula is C20H29IN4S. The molecule has 1 aromatic carbocycles. The van der Waals surface area contributed by atoms with Crippen molar-refractivity contribution in [3.05, 3.63) is 53.4 Å². The van der Waals surface area contributed by atoms with Crippen LogP contribution in [0, 0.1) is 0 Å². The van der Waals surface area contributed by atoms with Gasteiger partial charge in [-0.25, -0.2) is 0 Å². The summed E-state index contributed by atoms with van der Waals surface area (Å²) in [6.45, 7) is 3.18. The first-order valence-corrected chi connectivity index (χ1v) is 10.0. The van der Waals surface area contributed by atoms with Gasteiger partial charge in [-0.1, -0.05) is 30.3 Å². The molecule has 0 spiro atoms. The molecule has 1 fully saturated rings. The van der Waals surface area contributed by atoms with E-state index in [0.29, 0.717) is 6.04 Å². The van der Waals surface area contributed by atoms with Crippen LogP contribution in [0.3, 0.4) is 0 Å². The van der Waals surface area contributed by atoms with Crippen LogP contribution in [0.4, 0.5) is 5.00 Å². The van der Waals surface area contributed by atoms with E-state index in [9.17, 15) is 0 Å². The number of hydrogen-bond donors (Lipinski definition) is 2. The second kappa shape index (κ2) is 11.4. The average Bonchev–Trinajstić information content (AvgIpc) is 3.20. The van der Waals surface area contributed by atoms with Gasteiger partial charge in [-0.15, -0.1) is 35.3 Å². The fraction of sp³-hybridized carbons (Fsp3) is 0.450. The van der Waals surface area contributed by atoms with Crippen molar-refractivity contribution in [2.45, 2.75) is 31.7 Å². The maximum absolute atomic E-state index is 4.38. The Bertz CT molecular complexity index is 637. The first-order valence-electron chi connectivity index (χ1n) is 9.15. The Kier molecular flexibility index (Phi) is 9.25. The Balaban J connectivity index is 0.00000243. The van der Waals surface area contributed by atoms with Crippen LogP contribution in [-0.2, 0) is 6.42 Å². The Hall–Kier alpha value is -1.28. The van der Waals surface area contributed by atoms with E-state index in [1.54, 1.807) is 0 Å². The first kappa shape index (κ1) is 21.0. The number of anilines is 1. The molecule has 142 valence electrons. The van der Waals surface area contributed by atoms with Crippen LogP contribution in [0.25, 0.3) is 0 Å². The molecule has 0 aliphatic carbocycles. The van der Waals surface area contributed by atoms with E-state index in [1.807, 2.05) is 18.4 Å². The third-order valence-corrected chi connectivity index (χ3v) is 5.58. The standard InChI is InChI=1S/C20H28N4S.HI/c1-21-20(22-13-5-9-17-7-3-2-4-8-17)23-18-11-14-24(15-12-18)19-10-6-16-25-19;/h2-4,6-8,10,16,18H,5,9,11-15H2,1H3,(H2,21,22,23);1H. The van der Waals surface area contributed by atoms with E-state index in [2.05, 4.69) is 68.4 Å². The number of aliphatic imine (C=N–C) groups is 1. The number of rotatable bonds is 6. The van der Waals surface area contributed by atoms with E-state index in [-0.39, 0.29) is 24.0 Å². The molecule has 0 amide bonds. The zero-order chi connectivity index (χ0) is 17.3. The molecule has 0 bridgehead atoms. The number of piperidine rings is 1. The van der Waals surface area contributed by atoms with Gasteiger partial charge in [0, 0.05) is 32.7 Å². The minimum Gasteiger partial charge on any atom is -0.363 e. The number of thiophene rings is 1. The zero-order valence-electron chi connectivity index (χ0n) is 15.4. The molecule has 3 rings (SSSR count). The topological polar surface area (TPSA) is 39.7 Å². The number of halogens is 1. The van der Waals surface area contributed by atoms with E-state index < -0.39 is 0 Å².